The molecular weight excluding hydrogens is 1210 g/mol. The molecule has 0 aromatic heterocycles. The molecule has 0 amide bonds. The van der Waals surface area contributed by atoms with E-state index in [9.17, 15) is 80.5 Å². The Hall–Kier alpha value is -3.66. The van der Waals surface area contributed by atoms with Crippen molar-refractivity contribution < 1.29 is 133 Å². The summed E-state index contributed by atoms with van der Waals surface area (Å²) in [4.78, 5) is 53.0. The van der Waals surface area contributed by atoms with Gasteiger partial charge in [0.1, 0.15) is 79.4 Å². The molecule has 27 nitrogen and oxygen atoms in total. The van der Waals surface area contributed by atoms with Gasteiger partial charge >= 0.3 is 23.9 Å². The van der Waals surface area contributed by atoms with Gasteiger partial charge in [-0.2, -0.15) is 0 Å². The van der Waals surface area contributed by atoms with E-state index in [1.54, 1.807) is 33.8 Å². The largest absolute Gasteiger partial charge is 0.479 e. The fourth-order valence-corrected chi connectivity index (χ4v) is 17.9. The molecule has 4 saturated heterocycles. The molecule has 8 fully saturated rings. The van der Waals surface area contributed by atoms with E-state index >= 15 is 0 Å². The number of rotatable bonds is 17. The normalized spacial score (nSPS) is 48.4. The van der Waals surface area contributed by atoms with Gasteiger partial charge < -0.3 is 113 Å². The van der Waals surface area contributed by atoms with Crippen molar-refractivity contribution in [3.63, 3.8) is 0 Å². The maximum atomic E-state index is 13.5. The average Bonchev–Trinajstić information content (AvgIpc) is 0.726. The lowest BCUT2D eigenvalue weighted by Crippen LogP contribution is -2.73. The summed E-state index contributed by atoms with van der Waals surface area (Å²) >= 11 is 0. The van der Waals surface area contributed by atoms with Crippen LogP contribution in [0.4, 0.5) is 0 Å². The lowest BCUT2D eigenvalue weighted by molar-refractivity contribution is -0.386. The third-order valence-electron chi connectivity index (χ3n) is 23.6. The molecule has 92 heavy (non-hydrogen) atoms. The first-order valence-electron chi connectivity index (χ1n) is 32.3. The zero-order chi connectivity index (χ0) is 68.0. The van der Waals surface area contributed by atoms with Crippen molar-refractivity contribution in [2.75, 3.05) is 19.8 Å². The molecule has 522 valence electrons. The molecule has 22 unspecified atom stereocenters. The number of carbonyl (C=O) groups excluding carboxylic acids is 3. The minimum atomic E-state index is -2.13. The minimum absolute atomic E-state index is 0.0439. The second-order valence-corrected chi connectivity index (χ2v) is 29.3. The number of carboxylic acids is 1. The summed E-state index contributed by atoms with van der Waals surface area (Å²) in [5.74, 6) is -4.65. The highest BCUT2D eigenvalue weighted by Crippen LogP contribution is 2.76. The van der Waals surface area contributed by atoms with Crippen LogP contribution in [0, 0.1) is 50.2 Å². The lowest BCUT2D eigenvalue weighted by atomic mass is 9.33. The number of fused-ring (bicyclic) bond motifs is 7. The zero-order valence-electron chi connectivity index (χ0n) is 54.8. The van der Waals surface area contributed by atoms with E-state index in [0.29, 0.717) is 32.1 Å². The van der Waals surface area contributed by atoms with Gasteiger partial charge in [-0.05, 0) is 124 Å². The Morgan fingerprint density at radius 3 is 1.70 bits per heavy atom. The number of aliphatic hydroxyl groups excluding tert-OH is 11. The van der Waals surface area contributed by atoms with Gasteiger partial charge in [-0.15, -0.1) is 0 Å². The number of carbonyl (C=O) groups is 4. The smallest absolute Gasteiger partial charge is 0.335 e. The quantitative estimate of drug-likeness (QED) is 0.0314. The second kappa shape index (κ2) is 27.0. The Morgan fingerprint density at radius 2 is 1.14 bits per heavy atom. The minimum Gasteiger partial charge on any atom is -0.479 e. The number of carboxylic acid groups (broad SMARTS) is 1. The van der Waals surface area contributed by atoms with E-state index in [1.807, 2.05) is 27.7 Å². The van der Waals surface area contributed by atoms with Gasteiger partial charge in [0.05, 0.1) is 43.5 Å². The van der Waals surface area contributed by atoms with Crippen LogP contribution in [-0.4, -0.2) is 246 Å². The molecule has 0 spiro atoms. The molecule has 9 rings (SSSR count). The number of aliphatic hydroxyl groups is 11. The molecule has 4 aliphatic heterocycles. The van der Waals surface area contributed by atoms with Crippen LogP contribution in [0.3, 0.4) is 0 Å². The topological polar surface area (TPSA) is 413 Å². The van der Waals surface area contributed by atoms with Crippen LogP contribution >= 0.6 is 0 Å². The molecule has 4 heterocycles. The Labute approximate surface area is 535 Å². The molecule has 0 bridgehead atoms. The van der Waals surface area contributed by atoms with Gasteiger partial charge in [-0.1, -0.05) is 72.3 Å². The Kier molecular flexibility index (Phi) is 21.3. The van der Waals surface area contributed by atoms with Crippen molar-refractivity contribution in [3.8, 4) is 0 Å². The maximum absolute atomic E-state index is 13.5. The molecule has 0 aromatic carbocycles. The highest BCUT2D eigenvalue weighted by molar-refractivity contribution is 5.88. The van der Waals surface area contributed by atoms with Crippen molar-refractivity contribution in [1.29, 1.82) is 0 Å². The van der Waals surface area contributed by atoms with E-state index in [2.05, 4.69) is 26.8 Å². The monoisotopic (exact) mass is 1310 g/mol. The van der Waals surface area contributed by atoms with Crippen LogP contribution in [-0.2, 0) is 71.3 Å². The Morgan fingerprint density at radius 1 is 0.587 bits per heavy atom. The predicted molar refractivity (Wildman–Crippen MR) is 316 cm³/mol. The van der Waals surface area contributed by atoms with Crippen LogP contribution in [0.2, 0.25) is 0 Å². The van der Waals surface area contributed by atoms with Crippen LogP contribution < -0.4 is 0 Å². The molecule has 30 atom stereocenters. The molecular formula is C65H100O27. The molecule has 0 radical (unpaired) electrons. The first-order chi connectivity index (χ1) is 43.0. The van der Waals surface area contributed by atoms with Crippen molar-refractivity contribution in [3.05, 3.63) is 34.9 Å². The van der Waals surface area contributed by atoms with E-state index in [-0.39, 0.29) is 35.8 Å². The van der Waals surface area contributed by atoms with Crippen LogP contribution in [0.25, 0.3) is 0 Å². The number of allylic oxidation sites excluding steroid dienone is 4. The van der Waals surface area contributed by atoms with Crippen LogP contribution in [0.1, 0.15) is 135 Å². The third kappa shape index (κ3) is 12.2. The summed E-state index contributed by atoms with van der Waals surface area (Å²) in [5, 5.41) is 134. The number of aliphatic carboxylic acids is 1. The lowest BCUT2D eigenvalue weighted by Gasteiger charge is -2.72. The number of hydrogen-bond acceptors (Lipinski definition) is 26. The average molecular weight is 1310 g/mol. The summed E-state index contributed by atoms with van der Waals surface area (Å²) in [5.41, 5.74) is -3.55. The van der Waals surface area contributed by atoms with Gasteiger partial charge in [-0.25, -0.2) is 14.4 Å². The van der Waals surface area contributed by atoms with Gasteiger partial charge in [-0.3, -0.25) is 4.79 Å². The van der Waals surface area contributed by atoms with Crippen molar-refractivity contribution >= 4 is 23.9 Å². The first kappa shape index (κ1) is 72.6. The molecule has 27 heteroatoms. The maximum Gasteiger partial charge on any atom is 0.335 e. The molecule has 12 N–H and O–H groups in total. The highest BCUT2D eigenvalue weighted by Gasteiger charge is 2.74. The zero-order valence-corrected chi connectivity index (χ0v) is 54.8. The molecule has 4 saturated carbocycles. The van der Waals surface area contributed by atoms with E-state index < -0.39 is 223 Å². The summed E-state index contributed by atoms with van der Waals surface area (Å²) in [6.07, 6.45) is -28.8. The van der Waals surface area contributed by atoms with E-state index in [1.165, 1.54) is 19.9 Å². The molecule has 5 aliphatic carbocycles. The number of esters is 3. The molecule has 9 aliphatic rings. The summed E-state index contributed by atoms with van der Waals surface area (Å²) < 4.78 is 67.8. The number of ether oxygens (including phenoxy) is 11. The SMILES string of the molecule is C/C=C(/C)C(=O)OC1C(C)OC(O[C@H]2[C@H](OC(C)=O)[C@@]3(CO)C(CC2(C)C)C2=CCC4[C@@]5(C)CC[C@H](OC6OC(C(=O)O)C(O)C(OC7OC(CO)C(O)C7O)C6OC6OC(CO)C(O)C(O)C6O)C(C)(C)C5CC[C@@]4(C)[C@]2(C)C[C@H]3O)C(O)C1OC(=O)/C(C)=C/C. The van der Waals surface area contributed by atoms with Gasteiger partial charge in [0.25, 0.3) is 0 Å². The number of hydrogen-bond donors (Lipinski definition) is 12. The van der Waals surface area contributed by atoms with E-state index in [4.69, 9.17) is 52.1 Å². The highest BCUT2D eigenvalue weighted by atomic mass is 16.8. The predicted octanol–water partition coefficient (Wildman–Crippen LogP) is 0.715. The van der Waals surface area contributed by atoms with E-state index in [0.717, 1.165) is 5.57 Å². The Bertz CT molecular complexity index is 2790. The standard InChI is InChI=1S/C65H100O27/c1-14-27(3)54(80)87-46-29(5)82-58(45(77)48(46)88-55(81)28(4)15-2)92-51-52(83-30(6)69)65(26-68)32(22-60(51,7)8)31-16-17-36-62(11)20-19-38(61(9,10)35(62)18-21-63(36,12)64(31,13)23-37(65)70)86-59-50(91-57-43(75)41(73)39(71)33(24-66)84-57)47(44(76)49(90-59)53(78)79)89-56-42(74)40(72)34(25-67)85-56/h14-16,29,32-52,56-59,66-68,70-77H,17-26H2,1-13H3,(H,78,79)/b27-14-,28-15+/t29?,32?,33?,34?,35?,36?,37-,38+,39?,40?,41?,42?,43?,44?,45?,46?,47?,48?,49?,50?,51+,52+,56?,57?,58?,59?,62+,63-,64-,65+/m1/s1. The Balaban J connectivity index is 1.01. The van der Waals surface area contributed by atoms with Gasteiger partial charge in [0.15, 0.2) is 43.5 Å². The molecule has 0 aromatic rings. The van der Waals surface area contributed by atoms with Crippen LogP contribution in [0.5, 0.6) is 0 Å². The van der Waals surface area contributed by atoms with Crippen molar-refractivity contribution in [2.45, 2.75) is 276 Å². The second-order valence-electron chi connectivity index (χ2n) is 29.3. The third-order valence-corrected chi connectivity index (χ3v) is 23.6. The van der Waals surface area contributed by atoms with Gasteiger partial charge in [0.2, 0.25) is 0 Å². The fraction of sp³-hybridized carbons (Fsp3) is 0.846. The first-order valence-corrected chi connectivity index (χ1v) is 32.3. The summed E-state index contributed by atoms with van der Waals surface area (Å²) in [6, 6.07) is 0. The van der Waals surface area contributed by atoms with Gasteiger partial charge in [0, 0.05) is 18.1 Å². The van der Waals surface area contributed by atoms with Crippen molar-refractivity contribution in [1.82, 2.24) is 0 Å². The fourth-order valence-electron chi connectivity index (χ4n) is 17.9. The van der Waals surface area contributed by atoms with Crippen LogP contribution in [0.15, 0.2) is 34.9 Å². The summed E-state index contributed by atoms with van der Waals surface area (Å²) in [6.45, 7) is 21.5. The summed E-state index contributed by atoms with van der Waals surface area (Å²) in [7, 11) is 0. The van der Waals surface area contributed by atoms with Crippen molar-refractivity contribution in [2.24, 2.45) is 50.2 Å².